The largest absolute Gasteiger partial charge is 0.355 e. The quantitative estimate of drug-likeness (QED) is 0.257. The van der Waals surface area contributed by atoms with Gasteiger partial charge in [-0.3, -0.25) is 13.9 Å². The van der Waals surface area contributed by atoms with Crippen LogP contribution in [0.5, 0.6) is 0 Å². The molecule has 3 rings (SSSR count). The number of anilines is 1. The van der Waals surface area contributed by atoms with Crippen LogP contribution in [0.2, 0.25) is 10.0 Å². The number of amides is 2. The monoisotopic (exact) mass is 617 g/mol. The number of hydrogen-bond donors (Lipinski definition) is 1. The molecule has 1 N–H and O–H groups in total. The van der Waals surface area contributed by atoms with Gasteiger partial charge in [-0.15, -0.1) is 0 Å². The predicted molar refractivity (Wildman–Crippen MR) is 167 cm³/mol. The SMILES string of the molecule is CCNC(=O)[C@@H](Cc1ccccc1)N(Cc1c(Cl)cccc1Cl)C(=O)CCCN(c1cccc(C)c1C)S(C)(=O)=O. The van der Waals surface area contributed by atoms with E-state index in [4.69, 9.17) is 23.2 Å². The fraction of sp³-hybridized carbons (Fsp3) is 0.355. The molecular formula is C31H37Cl2N3O4S. The lowest BCUT2D eigenvalue weighted by Crippen LogP contribution is -2.50. The molecule has 0 spiro atoms. The summed E-state index contributed by atoms with van der Waals surface area (Å²) in [5.74, 6) is -0.594. The van der Waals surface area contributed by atoms with Gasteiger partial charge in [0.05, 0.1) is 11.9 Å². The summed E-state index contributed by atoms with van der Waals surface area (Å²) < 4.78 is 26.8. The Morgan fingerprint density at radius 1 is 0.927 bits per heavy atom. The second-order valence-corrected chi connectivity index (χ2v) is 12.7. The summed E-state index contributed by atoms with van der Waals surface area (Å²) in [6.07, 6.45) is 1.72. The van der Waals surface area contributed by atoms with Crippen molar-refractivity contribution in [2.24, 2.45) is 0 Å². The number of nitrogens with zero attached hydrogens (tertiary/aromatic N) is 2. The number of nitrogens with one attached hydrogen (secondary N) is 1. The Hall–Kier alpha value is -3.07. The molecule has 0 radical (unpaired) electrons. The Kier molecular flexibility index (Phi) is 11.6. The van der Waals surface area contributed by atoms with E-state index < -0.39 is 16.1 Å². The van der Waals surface area contributed by atoms with E-state index in [2.05, 4.69) is 5.32 Å². The fourth-order valence-corrected chi connectivity index (χ4v) is 6.22. The minimum absolute atomic E-state index is 0.0175. The molecule has 3 aromatic rings. The van der Waals surface area contributed by atoms with Gasteiger partial charge in [-0.25, -0.2) is 8.42 Å². The van der Waals surface area contributed by atoms with Gasteiger partial charge in [0.25, 0.3) is 0 Å². The molecule has 0 aliphatic heterocycles. The second kappa shape index (κ2) is 14.7. The Morgan fingerprint density at radius 3 is 2.17 bits per heavy atom. The number of sulfonamides is 1. The van der Waals surface area contributed by atoms with Crippen LogP contribution in [-0.2, 0) is 32.6 Å². The van der Waals surface area contributed by atoms with Crippen LogP contribution >= 0.6 is 23.2 Å². The highest BCUT2D eigenvalue weighted by Crippen LogP contribution is 2.28. The van der Waals surface area contributed by atoms with E-state index >= 15 is 0 Å². The number of carbonyl (C=O) groups excluding carboxylic acids is 2. The molecule has 0 saturated heterocycles. The lowest BCUT2D eigenvalue weighted by molar-refractivity contribution is -0.141. The molecule has 0 fully saturated rings. The maximum atomic E-state index is 13.9. The molecule has 0 aromatic heterocycles. The predicted octanol–water partition coefficient (Wildman–Crippen LogP) is 5.93. The molecule has 0 aliphatic carbocycles. The molecule has 2 amide bonds. The first-order chi connectivity index (χ1) is 19.4. The van der Waals surface area contributed by atoms with Gasteiger partial charge >= 0.3 is 0 Å². The Bertz CT molecular complexity index is 1450. The van der Waals surface area contributed by atoms with Crippen LogP contribution in [-0.4, -0.2) is 50.5 Å². The highest BCUT2D eigenvalue weighted by atomic mass is 35.5. The van der Waals surface area contributed by atoms with Crippen LogP contribution in [0.25, 0.3) is 0 Å². The van der Waals surface area contributed by atoms with E-state index in [1.165, 1.54) is 9.21 Å². The minimum Gasteiger partial charge on any atom is -0.355 e. The van der Waals surface area contributed by atoms with Crippen molar-refractivity contribution < 1.29 is 18.0 Å². The standard InChI is InChI=1S/C31H37Cl2N3O4S/c1-5-34-31(38)29(20-24-13-7-6-8-14-24)35(21-25-26(32)15-10-16-27(25)33)30(37)18-11-19-36(41(4,39)40)28-17-9-12-22(2)23(28)3/h6-10,12-17,29H,5,11,18-21H2,1-4H3,(H,34,38)/t29-/m1/s1. The summed E-state index contributed by atoms with van der Waals surface area (Å²) in [5, 5.41) is 3.64. The van der Waals surface area contributed by atoms with Crippen molar-refractivity contribution in [3.05, 3.63) is 99.0 Å². The van der Waals surface area contributed by atoms with E-state index in [1.54, 1.807) is 24.3 Å². The van der Waals surface area contributed by atoms with E-state index in [0.717, 1.165) is 22.9 Å². The van der Waals surface area contributed by atoms with E-state index in [1.807, 2.05) is 63.2 Å². The van der Waals surface area contributed by atoms with Gasteiger partial charge in [0.15, 0.2) is 0 Å². The van der Waals surface area contributed by atoms with Gasteiger partial charge in [-0.2, -0.15) is 0 Å². The molecule has 220 valence electrons. The third-order valence-electron chi connectivity index (χ3n) is 7.01. The lowest BCUT2D eigenvalue weighted by Gasteiger charge is -2.32. The van der Waals surface area contributed by atoms with Gasteiger partial charge in [0, 0.05) is 48.1 Å². The summed E-state index contributed by atoms with van der Waals surface area (Å²) in [5.41, 5.74) is 3.85. The topological polar surface area (TPSA) is 86.8 Å². The number of rotatable bonds is 13. The van der Waals surface area contributed by atoms with Gasteiger partial charge in [-0.1, -0.05) is 71.7 Å². The summed E-state index contributed by atoms with van der Waals surface area (Å²) >= 11 is 13.0. The van der Waals surface area contributed by atoms with Gasteiger partial charge in [0.1, 0.15) is 6.04 Å². The van der Waals surface area contributed by atoms with Crippen molar-refractivity contribution in [1.29, 1.82) is 0 Å². The molecule has 0 unspecified atom stereocenters. The lowest BCUT2D eigenvalue weighted by atomic mass is 10.0. The highest BCUT2D eigenvalue weighted by molar-refractivity contribution is 7.92. The van der Waals surface area contributed by atoms with Crippen molar-refractivity contribution in [3.8, 4) is 0 Å². The van der Waals surface area contributed by atoms with Crippen LogP contribution in [0.3, 0.4) is 0 Å². The number of benzene rings is 3. The van der Waals surface area contributed by atoms with E-state index in [0.29, 0.717) is 34.3 Å². The molecule has 0 saturated carbocycles. The van der Waals surface area contributed by atoms with Crippen LogP contribution < -0.4 is 9.62 Å². The molecule has 0 heterocycles. The van der Waals surface area contributed by atoms with Crippen LogP contribution in [0, 0.1) is 13.8 Å². The Labute approximate surface area is 253 Å². The fourth-order valence-electron chi connectivity index (χ4n) is 4.69. The normalized spacial score (nSPS) is 12.0. The molecule has 1 atom stereocenters. The van der Waals surface area contributed by atoms with Gasteiger partial charge < -0.3 is 10.2 Å². The minimum atomic E-state index is -3.60. The first-order valence-electron chi connectivity index (χ1n) is 13.5. The van der Waals surface area contributed by atoms with Crippen molar-refractivity contribution in [1.82, 2.24) is 10.2 Å². The summed E-state index contributed by atoms with van der Waals surface area (Å²) in [7, 11) is -3.60. The zero-order chi connectivity index (χ0) is 30.2. The Morgan fingerprint density at radius 2 is 1.56 bits per heavy atom. The van der Waals surface area contributed by atoms with Crippen LogP contribution in [0.4, 0.5) is 5.69 Å². The molecule has 41 heavy (non-hydrogen) atoms. The van der Waals surface area contributed by atoms with Crippen molar-refractivity contribution in [2.45, 2.75) is 52.6 Å². The number of aryl methyl sites for hydroxylation is 1. The maximum absolute atomic E-state index is 13.9. The van der Waals surface area contributed by atoms with Crippen molar-refractivity contribution in [2.75, 3.05) is 23.7 Å². The third-order valence-corrected chi connectivity index (χ3v) is 8.90. The zero-order valence-electron chi connectivity index (χ0n) is 23.9. The highest BCUT2D eigenvalue weighted by Gasteiger charge is 2.31. The molecular weight excluding hydrogens is 581 g/mol. The molecule has 0 aliphatic rings. The van der Waals surface area contributed by atoms with Gasteiger partial charge in [-0.05, 0) is 62.1 Å². The van der Waals surface area contributed by atoms with E-state index in [9.17, 15) is 18.0 Å². The number of likely N-dealkylation sites (N-methyl/N-ethyl adjacent to an activating group) is 1. The maximum Gasteiger partial charge on any atom is 0.243 e. The smallest absolute Gasteiger partial charge is 0.243 e. The summed E-state index contributed by atoms with van der Waals surface area (Å²) in [6.45, 7) is 6.16. The van der Waals surface area contributed by atoms with Crippen LogP contribution in [0.15, 0.2) is 66.7 Å². The summed E-state index contributed by atoms with van der Waals surface area (Å²) in [6, 6.07) is 19.3. The molecule has 7 nitrogen and oxygen atoms in total. The third kappa shape index (κ3) is 8.71. The Balaban J connectivity index is 1.92. The first kappa shape index (κ1) is 32.4. The molecule has 3 aromatic carbocycles. The van der Waals surface area contributed by atoms with Crippen molar-refractivity contribution >= 4 is 50.7 Å². The first-order valence-corrected chi connectivity index (χ1v) is 16.1. The second-order valence-electron chi connectivity index (χ2n) is 9.98. The van der Waals surface area contributed by atoms with Crippen LogP contribution in [0.1, 0.15) is 42.0 Å². The summed E-state index contributed by atoms with van der Waals surface area (Å²) in [4.78, 5) is 28.8. The molecule has 0 bridgehead atoms. The average molecular weight is 619 g/mol. The number of hydrogen-bond acceptors (Lipinski definition) is 4. The number of carbonyl (C=O) groups is 2. The zero-order valence-corrected chi connectivity index (χ0v) is 26.2. The molecule has 10 heteroatoms. The number of halogens is 2. The van der Waals surface area contributed by atoms with E-state index in [-0.39, 0.29) is 37.7 Å². The van der Waals surface area contributed by atoms with Crippen molar-refractivity contribution in [3.63, 3.8) is 0 Å². The average Bonchev–Trinajstić information content (AvgIpc) is 2.92. The van der Waals surface area contributed by atoms with Gasteiger partial charge in [0.2, 0.25) is 21.8 Å².